The molecule has 0 aliphatic rings. The maximum absolute atomic E-state index is 10.6. The summed E-state index contributed by atoms with van der Waals surface area (Å²) in [5, 5.41) is 15.6. The van der Waals surface area contributed by atoms with Crippen LogP contribution in [0.15, 0.2) is 41.5 Å². The number of benzene rings is 2. The van der Waals surface area contributed by atoms with Crippen molar-refractivity contribution in [1.82, 2.24) is 5.43 Å². The maximum atomic E-state index is 10.6. The topological polar surface area (TPSA) is 87.7 Å². The van der Waals surface area contributed by atoms with E-state index in [9.17, 15) is 9.90 Å². The van der Waals surface area contributed by atoms with Gasteiger partial charge in [0.1, 0.15) is 5.75 Å². The normalized spacial score (nSPS) is 11.5. The fourth-order valence-corrected chi connectivity index (χ4v) is 1.75. The smallest absolute Gasteiger partial charge is 0.332 e. The van der Waals surface area contributed by atoms with Crippen LogP contribution in [0, 0.1) is 0 Å². The highest BCUT2D eigenvalue weighted by molar-refractivity contribution is 6.06. The predicted octanol–water partition coefficient (Wildman–Crippen LogP) is 1.94. The molecule has 2 aromatic rings. The first kappa shape index (κ1) is 11.9. The number of phenols is 1. The maximum Gasteiger partial charge on any atom is 0.332 e. The highest BCUT2D eigenvalue weighted by atomic mass is 16.3. The monoisotopic (exact) mass is 243 g/mol. The minimum atomic E-state index is -0.741. The zero-order valence-corrected chi connectivity index (χ0v) is 9.84. The Morgan fingerprint density at radius 2 is 2.00 bits per heavy atom. The highest BCUT2D eigenvalue weighted by Gasteiger charge is 2.08. The molecule has 18 heavy (non-hydrogen) atoms. The van der Waals surface area contributed by atoms with Gasteiger partial charge in [-0.05, 0) is 18.4 Å². The standard InChI is InChI=1S/C13H13N3O2/c1-8(15-16-13(14)18)10-7-6-9-4-2-3-5-11(9)12(10)17/h2-7,17H,1H3,(H3,14,16,18)/b15-8-. The third kappa shape index (κ3) is 2.24. The summed E-state index contributed by atoms with van der Waals surface area (Å²) in [5.74, 6) is 0.139. The number of hydrogen-bond donors (Lipinski definition) is 3. The van der Waals surface area contributed by atoms with Gasteiger partial charge in [-0.1, -0.05) is 30.3 Å². The van der Waals surface area contributed by atoms with Crippen molar-refractivity contribution < 1.29 is 9.90 Å². The van der Waals surface area contributed by atoms with Crippen LogP contribution in [0.2, 0.25) is 0 Å². The highest BCUT2D eigenvalue weighted by Crippen LogP contribution is 2.28. The Morgan fingerprint density at radius 1 is 1.28 bits per heavy atom. The van der Waals surface area contributed by atoms with Crippen molar-refractivity contribution >= 4 is 22.5 Å². The van der Waals surface area contributed by atoms with E-state index in [1.165, 1.54) is 0 Å². The number of hydrogen-bond acceptors (Lipinski definition) is 3. The second-order valence-electron chi connectivity index (χ2n) is 3.86. The summed E-state index contributed by atoms with van der Waals surface area (Å²) in [5.41, 5.74) is 8.10. The predicted molar refractivity (Wildman–Crippen MR) is 70.5 cm³/mol. The number of phenolic OH excluding ortho intramolecular Hbond substituents is 1. The average Bonchev–Trinajstić information content (AvgIpc) is 2.37. The summed E-state index contributed by atoms with van der Waals surface area (Å²) in [7, 11) is 0. The number of aromatic hydroxyl groups is 1. The second kappa shape index (κ2) is 4.75. The Hall–Kier alpha value is -2.56. The molecular weight excluding hydrogens is 230 g/mol. The fraction of sp³-hybridized carbons (Fsp3) is 0.0769. The van der Waals surface area contributed by atoms with Gasteiger partial charge in [0, 0.05) is 10.9 Å². The lowest BCUT2D eigenvalue weighted by Gasteiger charge is -2.07. The first-order chi connectivity index (χ1) is 8.59. The van der Waals surface area contributed by atoms with Gasteiger partial charge < -0.3 is 10.8 Å². The molecule has 0 bridgehead atoms. The van der Waals surface area contributed by atoms with E-state index in [0.29, 0.717) is 11.3 Å². The van der Waals surface area contributed by atoms with Crippen molar-refractivity contribution in [3.05, 3.63) is 42.0 Å². The van der Waals surface area contributed by atoms with Gasteiger partial charge in [0.25, 0.3) is 0 Å². The van der Waals surface area contributed by atoms with Gasteiger partial charge in [-0.2, -0.15) is 5.10 Å². The Bertz CT molecular complexity index is 635. The summed E-state index contributed by atoms with van der Waals surface area (Å²) < 4.78 is 0. The van der Waals surface area contributed by atoms with E-state index in [1.54, 1.807) is 13.0 Å². The van der Waals surface area contributed by atoms with Crippen LogP contribution in [0.1, 0.15) is 12.5 Å². The lowest BCUT2D eigenvalue weighted by atomic mass is 10.0. The van der Waals surface area contributed by atoms with Crippen molar-refractivity contribution in [2.75, 3.05) is 0 Å². The van der Waals surface area contributed by atoms with Crippen molar-refractivity contribution in [2.45, 2.75) is 6.92 Å². The molecule has 0 saturated heterocycles. The molecule has 2 aromatic carbocycles. The third-order valence-electron chi connectivity index (χ3n) is 2.62. The van der Waals surface area contributed by atoms with Crippen LogP contribution >= 0.6 is 0 Å². The lowest BCUT2D eigenvalue weighted by Crippen LogP contribution is -2.25. The molecule has 2 rings (SSSR count). The largest absolute Gasteiger partial charge is 0.507 e. The van der Waals surface area contributed by atoms with Gasteiger partial charge in [0.15, 0.2) is 0 Å². The number of hydrazone groups is 1. The number of rotatable bonds is 2. The van der Waals surface area contributed by atoms with Crippen molar-refractivity contribution in [3.63, 3.8) is 0 Å². The van der Waals surface area contributed by atoms with Crippen LogP contribution < -0.4 is 11.2 Å². The molecule has 0 unspecified atom stereocenters. The van der Waals surface area contributed by atoms with E-state index in [1.807, 2.05) is 30.3 Å². The molecule has 92 valence electrons. The molecule has 0 radical (unpaired) electrons. The number of amides is 2. The van der Waals surface area contributed by atoms with E-state index >= 15 is 0 Å². The van der Waals surface area contributed by atoms with Crippen LogP contribution in [-0.2, 0) is 0 Å². The lowest BCUT2D eigenvalue weighted by molar-refractivity contribution is 0.249. The van der Waals surface area contributed by atoms with Crippen molar-refractivity contribution in [3.8, 4) is 5.75 Å². The van der Waals surface area contributed by atoms with E-state index in [-0.39, 0.29) is 5.75 Å². The Labute approximate surface area is 104 Å². The van der Waals surface area contributed by atoms with Gasteiger partial charge in [0.2, 0.25) is 0 Å². The molecule has 0 atom stereocenters. The number of nitrogens with zero attached hydrogens (tertiary/aromatic N) is 1. The molecule has 0 heterocycles. The second-order valence-corrected chi connectivity index (χ2v) is 3.86. The third-order valence-corrected chi connectivity index (χ3v) is 2.62. The number of nitrogens with two attached hydrogens (primary N) is 1. The summed E-state index contributed by atoms with van der Waals surface area (Å²) in [6.07, 6.45) is 0. The van der Waals surface area contributed by atoms with Gasteiger partial charge in [-0.15, -0.1) is 0 Å². The number of fused-ring (bicyclic) bond motifs is 1. The van der Waals surface area contributed by atoms with Gasteiger partial charge >= 0.3 is 6.03 Å². The number of carbonyl (C=O) groups is 1. The molecule has 5 heteroatoms. The molecule has 5 nitrogen and oxygen atoms in total. The number of carbonyl (C=O) groups excluding carboxylic acids is 1. The Morgan fingerprint density at radius 3 is 2.72 bits per heavy atom. The van der Waals surface area contributed by atoms with Gasteiger partial charge in [0.05, 0.1) is 5.71 Å². The van der Waals surface area contributed by atoms with E-state index < -0.39 is 6.03 Å². The molecule has 2 amide bonds. The van der Waals surface area contributed by atoms with Crippen molar-refractivity contribution in [1.29, 1.82) is 0 Å². The van der Waals surface area contributed by atoms with E-state index in [0.717, 1.165) is 10.8 Å². The molecule has 0 aliphatic heterocycles. The first-order valence-electron chi connectivity index (χ1n) is 5.40. The number of urea groups is 1. The van der Waals surface area contributed by atoms with E-state index in [4.69, 9.17) is 5.73 Å². The quantitative estimate of drug-likeness (QED) is 0.556. The van der Waals surface area contributed by atoms with Gasteiger partial charge in [-0.3, -0.25) is 0 Å². The van der Waals surface area contributed by atoms with E-state index in [2.05, 4.69) is 10.5 Å². The van der Waals surface area contributed by atoms with Crippen LogP contribution in [0.4, 0.5) is 4.79 Å². The van der Waals surface area contributed by atoms with Crippen LogP contribution in [0.5, 0.6) is 5.75 Å². The molecule has 4 N–H and O–H groups in total. The van der Waals surface area contributed by atoms with Crippen LogP contribution in [-0.4, -0.2) is 16.8 Å². The molecule has 0 fully saturated rings. The summed E-state index contributed by atoms with van der Waals surface area (Å²) in [6.45, 7) is 1.68. The summed E-state index contributed by atoms with van der Waals surface area (Å²) in [4.78, 5) is 10.6. The van der Waals surface area contributed by atoms with Crippen molar-refractivity contribution in [2.24, 2.45) is 10.8 Å². The van der Waals surface area contributed by atoms with Crippen LogP contribution in [0.25, 0.3) is 10.8 Å². The molecule has 0 aromatic heterocycles. The minimum absolute atomic E-state index is 0.139. The minimum Gasteiger partial charge on any atom is -0.507 e. The van der Waals surface area contributed by atoms with Crippen LogP contribution in [0.3, 0.4) is 0 Å². The number of primary amides is 1. The Kier molecular flexibility index (Phi) is 3.14. The molecular formula is C13H13N3O2. The Balaban J connectivity index is 2.49. The summed E-state index contributed by atoms with van der Waals surface area (Å²) in [6, 6.07) is 10.4. The zero-order valence-electron chi connectivity index (χ0n) is 9.84. The molecule has 0 spiro atoms. The molecule has 0 aliphatic carbocycles. The average molecular weight is 243 g/mol. The fourth-order valence-electron chi connectivity index (χ4n) is 1.75. The summed E-state index contributed by atoms with van der Waals surface area (Å²) >= 11 is 0. The van der Waals surface area contributed by atoms with Gasteiger partial charge in [-0.25, -0.2) is 10.2 Å². The SMILES string of the molecule is C/C(=N/NC(N)=O)c1ccc2ccccc2c1O. The number of nitrogens with one attached hydrogen (secondary N) is 1. The molecule has 0 saturated carbocycles. The first-order valence-corrected chi connectivity index (χ1v) is 5.40. The zero-order chi connectivity index (χ0) is 13.1.